The second-order valence-electron chi connectivity index (χ2n) is 21.0. The van der Waals surface area contributed by atoms with Crippen molar-refractivity contribution in [1.82, 2.24) is 5.32 Å². The zero-order chi connectivity index (χ0) is 52.0. The molecule has 8 nitrogen and oxygen atoms in total. The van der Waals surface area contributed by atoms with E-state index in [4.69, 9.17) is 9.05 Å². The van der Waals surface area contributed by atoms with E-state index >= 15 is 0 Å². The number of carbonyl (C=O) groups is 1. The van der Waals surface area contributed by atoms with Crippen LogP contribution < -0.4 is 10.2 Å². The number of aliphatic hydroxyl groups excluding tert-OH is 1. The van der Waals surface area contributed by atoms with Gasteiger partial charge < -0.3 is 28.8 Å². The Morgan fingerprint density at radius 3 is 1.25 bits per heavy atom. The predicted molar refractivity (Wildman–Crippen MR) is 307 cm³/mol. The maximum absolute atomic E-state index is 12.9. The van der Waals surface area contributed by atoms with Crippen LogP contribution in [0.4, 0.5) is 0 Å². The van der Waals surface area contributed by atoms with E-state index in [0.29, 0.717) is 23.9 Å². The van der Waals surface area contributed by atoms with Gasteiger partial charge in [0.1, 0.15) is 13.2 Å². The first-order valence-electron chi connectivity index (χ1n) is 29.4. The van der Waals surface area contributed by atoms with Crippen LogP contribution in [0.3, 0.4) is 0 Å². The molecule has 0 aliphatic heterocycles. The molecule has 9 heteroatoms. The Kier molecular flexibility index (Phi) is 50.8. The van der Waals surface area contributed by atoms with Crippen LogP contribution in [0.5, 0.6) is 0 Å². The molecule has 2 N–H and O–H groups in total. The fourth-order valence-electron chi connectivity index (χ4n) is 8.32. The summed E-state index contributed by atoms with van der Waals surface area (Å²) in [5.74, 6) is -0.167. The molecule has 0 bridgehead atoms. The van der Waals surface area contributed by atoms with Gasteiger partial charge in [-0.15, -0.1) is 0 Å². The van der Waals surface area contributed by atoms with E-state index in [1.165, 1.54) is 141 Å². The highest BCUT2D eigenvalue weighted by Crippen LogP contribution is 2.38. The summed E-state index contributed by atoms with van der Waals surface area (Å²) in [5.41, 5.74) is 0. The summed E-state index contributed by atoms with van der Waals surface area (Å²) in [6.45, 7) is 4.59. The standard InChI is InChI=1S/C62H113N2O6P/c1-6-8-10-12-14-16-18-19-20-21-22-23-24-25-26-27-28-29-30-31-32-33-34-35-36-37-38-39-40-41-42-43-44-45-46-48-50-52-54-56-62(66)63-60(59-70-71(67,68)69-58-57-64(3,4)5)61(65)55-53-51-49-47-17-15-13-11-9-7-2/h8,10,14,16,19-20,22-23,25-26,28-29,31-32,60-61,65H,6-7,9,11-13,15,17-18,21,24,27,30,33-59H2,1-5H3,(H-,63,66,67,68)/b10-8-,16-14-,20-19-,23-22-,26-25-,29-28-,32-31-. The van der Waals surface area contributed by atoms with Crippen molar-refractivity contribution in [3.8, 4) is 0 Å². The maximum atomic E-state index is 12.9. The molecule has 0 aliphatic carbocycles. The molecule has 3 atom stereocenters. The molecule has 0 rings (SSSR count). The average molecular weight is 1010 g/mol. The third-order valence-electron chi connectivity index (χ3n) is 12.9. The first kappa shape index (κ1) is 68.7. The lowest BCUT2D eigenvalue weighted by atomic mass is 10.0. The predicted octanol–water partition coefficient (Wildman–Crippen LogP) is 17.4. The average Bonchev–Trinajstić information content (AvgIpc) is 3.33. The molecule has 0 aromatic carbocycles. The Balaban J connectivity index is 3.90. The van der Waals surface area contributed by atoms with Crippen molar-refractivity contribution in [3.05, 3.63) is 85.1 Å². The molecule has 0 fully saturated rings. The normalized spacial score (nSPS) is 14.5. The van der Waals surface area contributed by atoms with Gasteiger partial charge in [-0.25, -0.2) is 0 Å². The SMILES string of the molecule is CC/C=C\C/C=C\C/C=C\C/C=C\C/C=C\C/C=C\C/C=C\CCCCCCCCCCCCCCCCCCCC(=O)NC(COP(=O)([O-])OCC[N+](C)(C)C)C(O)CCCCCCCCCCCC. The van der Waals surface area contributed by atoms with Gasteiger partial charge in [0.05, 0.1) is 39.9 Å². The van der Waals surface area contributed by atoms with Gasteiger partial charge in [-0.05, 0) is 70.6 Å². The lowest BCUT2D eigenvalue weighted by molar-refractivity contribution is -0.870. The first-order valence-corrected chi connectivity index (χ1v) is 30.9. The van der Waals surface area contributed by atoms with E-state index in [2.05, 4.69) is 104 Å². The first-order chi connectivity index (χ1) is 34.5. The van der Waals surface area contributed by atoms with Crippen molar-refractivity contribution in [1.29, 1.82) is 0 Å². The van der Waals surface area contributed by atoms with Crippen molar-refractivity contribution in [2.75, 3.05) is 40.9 Å². The largest absolute Gasteiger partial charge is 0.756 e. The number of unbranched alkanes of at least 4 members (excludes halogenated alkanes) is 26. The fraction of sp³-hybridized carbons (Fsp3) is 0.758. The van der Waals surface area contributed by atoms with Gasteiger partial charge in [0, 0.05) is 6.42 Å². The Bertz CT molecular complexity index is 1430. The quantitative estimate of drug-likeness (QED) is 0.0272. The summed E-state index contributed by atoms with van der Waals surface area (Å²) >= 11 is 0. The Morgan fingerprint density at radius 2 is 0.859 bits per heavy atom. The monoisotopic (exact) mass is 1010 g/mol. The van der Waals surface area contributed by atoms with Gasteiger partial charge in [0.2, 0.25) is 5.91 Å². The van der Waals surface area contributed by atoms with Crippen molar-refractivity contribution >= 4 is 13.7 Å². The number of carbonyl (C=O) groups excluding carboxylic acids is 1. The van der Waals surface area contributed by atoms with Crippen LogP contribution >= 0.6 is 7.82 Å². The summed E-state index contributed by atoms with van der Waals surface area (Å²) in [5, 5.41) is 13.9. The summed E-state index contributed by atoms with van der Waals surface area (Å²) in [6.07, 6.45) is 73.5. The van der Waals surface area contributed by atoms with Crippen LogP contribution in [0.15, 0.2) is 85.1 Å². The zero-order valence-electron chi connectivity index (χ0n) is 46.9. The minimum atomic E-state index is -4.57. The lowest BCUT2D eigenvalue weighted by Crippen LogP contribution is -2.46. The number of allylic oxidation sites excluding steroid dienone is 14. The third-order valence-corrected chi connectivity index (χ3v) is 13.9. The van der Waals surface area contributed by atoms with Gasteiger partial charge in [-0.1, -0.05) is 259 Å². The molecule has 3 unspecified atom stereocenters. The molecule has 412 valence electrons. The number of likely N-dealkylation sites (N-methyl/N-ethyl adjacent to an activating group) is 1. The van der Waals surface area contributed by atoms with Crippen LogP contribution in [0.25, 0.3) is 0 Å². The van der Waals surface area contributed by atoms with E-state index in [-0.39, 0.29) is 19.1 Å². The number of aliphatic hydroxyl groups is 1. The number of rotatable bonds is 53. The van der Waals surface area contributed by atoms with Gasteiger partial charge in [0.25, 0.3) is 7.82 Å². The van der Waals surface area contributed by atoms with Crippen LogP contribution in [0, 0.1) is 0 Å². The molecule has 0 aromatic heterocycles. The molecule has 0 aromatic rings. The summed E-state index contributed by atoms with van der Waals surface area (Å²) < 4.78 is 23.3. The highest BCUT2D eigenvalue weighted by atomic mass is 31.2. The van der Waals surface area contributed by atoms with Crippen molar-refractivity contribution < 1.29 is 32.9 Å². The second-order valence-corrected chi connectivity index (χ2v) is 22.4. The molecule has 1 amide bonds. The van der Waals surface area contributed by atoms with Crippen molar-refractivity contribution in [2.45, 2.75) is 264 Å². The maximum Gasteiger partial charge on any atom is 0.268 e. The number of hydrogen-bond acceptors (Lipinski definition) is 6. The smallest absolute Gasteiger partial charge is 0.268 e. The topological polar surface area (TPSA) is 108 Å². The minimum absolute atomic E-state index is 0.0107. The van der Waals surface area contributed by atoms with Crippen molar-refractivity contribution in [2.24, 2.45) is 0 Å². The molecule has 71 heavy (non-hydrogen) atoms. The van der Waals surface area contributed by atoms with Gasteiger partial charge in [-0.2, -0.15) is 0 Å². The molecule has 0 radical (unpaired) electrons. The molecule has 0 heterocycles. The number of phosphoric ester groups is 1. The number of quaternary nitrogens is 1. The highest BCUT2D eigenvalue weighted by molar-refractivity contribution is 7.45. The Labute approximate surface area is 439 Å². The molecular formula is C62H113N2O6P. The van der Waals surface area contributed by atoms with E-state index in [9.17, 15) is 19.4 Å². The van der Waals surface area contributed by atoms with Crippen LogP contribution in [0.1, 0.15) is 251 Å². The number of phosphoric acid groups is 1. The minimum Gasteiger partial charge on any atom is -0.756 e. The van der Waals surface area contributed by atoms with E-state index in [1.807, 2.05) is 21.1 Å². The Morgan fingerprint density at radius 1 is 0.507 bits per heavy atom. The van der Waals surface area contributed by atoms with Crippen molar-refractivity contribution in [3.63, 3.8) is 0 Å². The van der Waals surface area contributed by atoms with Gasteiger partial charge in [-0.3, -0.25) is 9.36 Å². The van der Waals surface area contributed by atoms with E-state index < -0.39 is 20.0 Å². The summed E-state index contributed by atoms with van der Waals surface area (Å²) in [6, 6.07) is -0.801. The second kappa shape index (κ2) is 52.5. The van der Waals surface area contributed by atoms with Gasteiger partial charge in [0.15, 0.2) is 0 Å². The zero-order valence-corrected chi connectivity index (χ0v) is 47.8. The molecule has 0 aliphatic rings. The lowest BCUT2D eigenvalue weighted by Gasteiger charge is -2.30. The number of hydrogen-bond donors (Lipinski definition) is 2. The van der Waals surface area contributed by atoms with E-state index in [1.54, 1.807) is 0 Å². The van der Waals surface area contributed by atoms with Crippen LogP contribution in [-0.2, 0) is 18.4 Å². The highest BCUT2D eigenvalue weighted by Gasteiger charge is 2.24. The fourth-order valence-corrected chi connectivity index (χ4v) is 9.04. The number of amides is 1. The summed E-state index contributed by atoms with van der Waals surface area (Å²) in [4.78, 5) is 25.4. The molecule has 0 spiro atoms. The van der Waals surface area contributed by atoms with Gasteiger partial charge >= 0.3 is 0 Å². The third kappa shape index (κ3) is 55.3. The Hall–Kier alpha value is -2.32. The molecule has 0 saturated heterocycles. The molecular weight excluding hydrogens is 900 g/mol. The molecule has 0 saturated carbocycles. The van der Waals surface area contributed by atoms with Crippen LogP contribution in [0.2, 0.25) is 0 Å². The van der Waals surface area contributed by atoms with Crippen LogP contribution in [-0.4, -0.2) is 68.5 Å². The summed E-state index contributed by atoms with van der Waals surface area (Å²) in [7, 11) is 1.30. The number of nitrogens with one attached hydrogen (secondary N) is 1. The van der Waals surface area contributed by atoms with E-state index in [0.717, 1.165) is 83.5 Å². The number of nitrogens with zero attached hydrogens (tertiary/aromatic N) is 1.